The van der Waals surface area contributed by atoms with E-state index in [-0.39, 0.29) is 29.4 Å². The van der Waals surface area contributed by atoms with Crippen molar-refractivity contribution in [2.24, 2.45) is 0 Å². The van der Waals surface area contributed by atoms with E-state index in [2.05, 4.69) is 15.5 Å². The monoisotopic (exact) mass is 512 g/mol. The molecule has 0 bridgehead atoms. The number of aromatic nitrogens is 2. The van der Waals surface area contributed by atoms with E-state index in [4.69, 9.17) is 4.52 Å². The summed E-state index contributed by atoms with van der Waals surface area (Å²) in [6.45, 7) is 4.48. The lowest BCUT2D eigenvalue weighted by Gasteiger charge is -2.27. The van der Waals surface area contributed by atoms with Gasteiger partial charge in [-0.05, 0) is 61.7 Å². The topological polar surface area (TPSA) is 91.1 Å². The van der Waals surface area contributed by atoms with Crippen molar-refractivity contribution >= 4 is 5.97 Å². The summed E-state index contributed by atoms with van der Waals surface area (Å²) in [5, 5.41) is 17.7. The van der Waals surface area contributed by atoms with E-state index in [9.17, 15) is 27.5 Å². The molecule has 6 nitrogen and oxygen atoms in total. The van der Waals surface area contributed by atoms with Crippen LogP contribution in [0.4, 0.5) is 17.6 Å². The number of carboxylic acids is 1. The second-order valence-corrected chi connectivity index (χ2v) is 9.07. The van der Waals surface area contributed by atoms with Crippen LogP contribution >= 0.6 is 0 Å². The summed E-state index contributed by atoms with van der Waals surface area (Å²) < 4.78 is 60.4. The summed E-state index contributed by atoms with van der Waals surface area (Å²) in [4.78, 5) is 15.4. The molecule has 0 radical (unpaired) electrons. The minimum absolute atomic E-state index is 0.0340. The molecule has 4 aromatic rings. The van der Waals surface area contributed by atoms with Crippen molar-refractivity contribution in [3.8, 4) is 34.0 Å². The van der Waals surface area contributed by atoms with Crippen molar-refractivity contribution in [3.63, 3.8) is 0 Å². The Morgan fingerprint density at radius 1 is 1.00 bits per heavy atom. The van der Waals surface area contributed by atoms with Crippen LogP contribution in [0.1, 0.15) is 30.5 Å². The zero-order valence-corrected chi connectivity index (χ0v) is 20.1. The first-order chi connectivity index (χ1) is 17.4. The number of nitrogens with zero attached hydrogens (tertiary/aromatic N) is 2. The van der Waals surface area contributed by atoms with Gasteiger partial charge in [0, 0.05) is 23.2 Å². The molecule has 0 saturated heterocycles. The van der Waals surface area contributed by atoms with Gasteiger partial charge in [-0.25, -0.2) is 4.39 Å². The maximum absolute atomic E-state index is 14.6. The molecule has 1 aromatic heterocycles. The average molecular weight is 512 g/mol. The molecular formula is C27H22F4N3O3-. The number of hydrogen-bond acceptors (Lipinski definition) is 6. The molecule has 0 atom stereocenters. The molecule has 0 aliphatic heterocycles. The van der Waals surface area contributed by atoms with Gasteiger partial charge in [0.15, 0.2) is 0 Å². The molecule has 0 fully saturated rings. The number of aryl methyl sites for hydroxylation is 1. The molecule has 0 aliphatic rings. The number of nitrogens with one attached hydrogen (secondary N) is 1. The minimum Gasteiger partial charge on any atom is -0.548 e. The van der Waals surface area contributed by atoms with Gasteiger partial charge < -0.3 is 19.7 Å². The van der Waals surface area contributed by atoms with E-state index in [0.717, 1.165) is 6.07 Å². The number of rotatable bonds is 7. The van der Waals surface area contributed by atoms with Crippen molar-refractivity contribution in [1.82, 2.24) is 15.5 Å². The van der Waals surface area contributed by atoms with E-state index in [0.29, 0.717) is 22.3 Å². The van der Waals surface area contributed by atoms with Crippen LogP contribution in [0.5, 0.6) is 0 Å². The molecule has 0 amide bonds. The molecule has 3 aromatic carbocycles. The van der Waals surface area contributed by atoms with Crippen molar-refractivity contribution in [1.29, 1.82) is 0 Å². The van der Waals surface area contributed by atoms with E-state index in [1.807, 2.05) is 0 Å². The summed E-state index contributed by atoms with van der Waals surface area (Å²) in [5.41, 5.74) is 0.0789. The third-order valence-corrected chi connectivity index (χ3v) is 5.96. The van der Waals surface area contributed by atoms with E-state index in [1.54, 1.807) is 37.3 Å². The number of halogens is 4. The Hall–Kier alpha value is -4.05. The normalized spacial score (nSPS) is 12.1. The highest BCUT2D eigenvalue weighted by Crippen LogP contribution is 2.38. The summed E-state index contributed by atoms with van der Waals surface area (Å²) in [7, 11) is 0. The lowest BCUT2D eigenvalue weighted by atomic mass is 9.94. The second-order valence-electron chi connectivity index (χ2n) is 9.07. The Morgan fingerprint density at radius 3 is 2.35 bits per heavy atom. The van der Waals surface area contributed by atoms with Gasteiger partial charge in [-0.15, -0.1) is 0 Å². The molecular weight excluding hydrogens is 490 g/mol. The molecule has 1 N–H and O–H groups in total. The molecule has 0 aliphatic carbocycles. The Kier molecular flexibility index (Phi) is 6.88. The average Bonchev–Trinajstić information content (AvgIpc) is 3.33. The predicted molar refractivity (Wildman–Crippen MR) is 126 cm³/mol. The Balaban J connectivity index is 1.57. The van der Waals surface area contributed by atoms with Gasteiger partial charge in [0.25, 0.3) is 5.89 Å². The minimum atomic E-state index is -4.49. The molecule has 37 heavy (non-hydrogen) atoms. The van der Waals surface area contributed by atoms with Gasteiger partial charge >= 0.3 is 6.18 Å². The number of carbonyl (C=O) groups excluding carboxylic acids is 1. The van der Waals surface area contributed by atoms with Crippen molar-refractivity contribution < 1.29 is 32.0 Å². The van der Waals surface area contributed by atoms with E-state index >= 15 is 0 Å². The maximum atomic E-state index is 14.6. The fourth-order valence-corrected chi connectivity index (χ4v) is 3.74. The number of benzene rings is 3. The number of carboxylic acid groups (broad SMARTS) is 1. The SMILES string of the molecule is Cc1cc(-c2nc(-c3ccc(CNC(C)(C)C(=O)[O-])c(F)c3)no2)ccc1-c1ccccc1C(F)(F)F. The second kappa shape index (κ2) is 9.78. The van der Waals surface area contributed by atoms with Crippen LogP contribution in [0.15, 0.2) is 65.2 Å². The quantitative estimate of drug-likeness (QED) is 0.344. The van der Waals surface area contributed by atoms with Gasteiger partial charge in [-0.2, -0.15) is 18.2 Å². The van der Waals surface area contributed by atoms with Gasteiger partial charge in [-0.3, -0.25) is 0 Å². The summed E-state index contributed by atoms with van der Waals surface area (Å²) in [6, 6.07) is 14.4. The first-order valence-electron chi connectivity index (χ1n) is 11.2. The lowest BCUT2D eigenvalue weighted by molar-refractivity contribution is -0.313. The molecule has 0 saturated carbocycles. The van der Waals surface area contributed by atoms with Crippen LogP contribution in [0.25, 0.3) is 34.0 Å². The third-order valence-electron chi connectivity index (χ3n) is 5.96. The highest BCUT2D eigenvalue weighted by atomic mass is 19.4. The third kappa shape index (κ3) is 5.54. The van der Waals surface area contributed by atoms with Crippen LogP contribution in [-0.2, 0) is 17.5 Å². The van der Waals surface area contributed by atoms with Crippen LogP contribution in [0, 0.1) is 12.7 Å². The van der Waals surface area contributed by atoms with Crippen molar-refractivity contribution in [3.05, 3.63) is 83.2 Å². The Labute approximate surface area is 210 Å². The summed E-state index contributed by atoms with van der Waals surface area (Å²) >= 11 is 0. The predicted octanol–water partition coefficient (Wildman–Crippen LogP) is 5.16. The molecule has 4 rings (SSSR count). The van der Waals surface area contributed by atoms with Crippen molar-refractivity contribution in [2.75, 3.05) is 0 Å². The summed E-state index contributed by atoms with van der Waals surface area (Å²) in [5.74, 6) is -1.66. The van der Waals surface area contributed by atoms with Crippen molar-refractivity contribution in [2.45, 2.75) is 39.0 Å². The number of alkyl halides is 3. The molecule has 192 valence electrons. The molecule has 1 heterocycles. The van der Waals surface area contributed by atoms with Gasteiger partial charge in [0.05, 0.1) is 17.1 Å². The van der Waals surface area contributed by atoms with Gasteiger partial charge in [0.2, 0.25) is 5.82 Å². The largest absolute Gasteiger partial charge is 0.548 e. The first-order valence-corrected chi connectivity index (χ1v) is 11.2. The number of aliphatic carboxylic acids is 1. The molecule has 10 heteroatoms. The van der Waals surface area contributed by atoms with Crippen LogP contribution < -0.4 is 10.4 Å². The lowest BCUT2D eigenvalue weighted by Crippen LogP contribution is -2.53. The van der Waals surface area contributed by atoms with Gasteiger partial charge in [-0.1, -0.05) is 41.6 Å². The maximum Gasteiger partial charge on any atom is 0.417 e. The number of hydrogen-bond donors (Lipinski definition) is 1. The Morgan fingerprint density at radius 2 is 1.70 bits per heavy atom. The fraction of sp³-hybridized carbons (Fsp3) is 0.222. The Bertz CT molecular complexity index is 1460. The fourth-order valence-electron chi connectivity index (χ4n) is 3.74. The van der Waals surface area contributed by atoms with Crippen LogP contribution in [0.2, 0.25) is 0 Å². The highest BCUT2D eigenvalue weighted by Gasteiger charge is 2.33. The zero-order valence-electron chi connectivity index (χ0n) is 20.1. The smallest absolute Gasteiger partial charge is 0.417 e. The summed E-state index contributed by atoms with van der Waals surface area (Å²) in [6.07, 6.45) is -4.49. The zero-order chi connectivity index (χ0) is 27.0. The van der Waals surface area contributed by atoms with Crippen LogP contribution in [0.3, 0.4) is 0 Å². The van der Waals surface area contributed by atoms with E-state index < -0.39 is 29.1 Å². The molecule has 0 spiro atoms. The van der Waals surface area contributed by atoms with Crippen LogP contribution in [-0.4, -0.2) is 21.6 Å². The first kappa shape index (κ1) is 26.0. The highest BCUT2D eigenvalue weighted by molar-refractivity contribution is 5.75. The van der Waals surface area contributed by atoms with E-state index in [1.165, 1.54) is 38.1 Å². The molecule has 0 unspecified atom stereocenters. The van der Waals surface area contributed by atoms with Gasteiger partial charge in [0.1, 0.15) is 5.82 Å². The number of carbonyl (C=O) groups is 1. The standard InChI is InChI=1S/C27H23F4N3O3/c1-15-12-17(10-11-19(15)20-6-4-5-7-21(20)27(29,30)31)24-33-23(34-37-24)16-8-9-18(22(28)13-16)14-32-26(2,3)25(35)36/h4-13,32H,14H2,1-3H3,(H,35,36)/p-1.